The molecule has 20 heavy (non-hydrogen) atoms. The van der Waals surface area contributed by atoms with Gasteiger partial charge in [0, 0.05) is 27.2 Å². The summed E-state index contributed by atoms with van der Waals surface area (Å²) in [6.45, 7) is 3.92. The van der Waals surface area contributed by atoms with E-state index in [1.165, 1.54) is 11.3 Å². The Morgan fingerprint density at radius 1 is 1.45 bits per heavy atom. The summed E-state index contributed by atoms with van der Waals surface area (Å²) >= 11 is 1.34. The van der Waals surface area contributed by atoms with Gasteiger partial charge in [-0.1, -0.05) is 6.92 Å². The number of hydrogen-bond acceptors (Lipinski definition) is 6. The van der Waals surface area contributed by atoms with Gasteiger partial charge in [0.05, 0.1) is 13.7 Å². The molecule has 0 saturated carbocycles. The summed E-state index contributed by atoms with van der Waals surface area (Å²) in [6.07, 6.45) is 0.884. The van der Waals surface area contributed by atoms with E-state index in [9.17, 15) is 4.79 Å². The van der Waals surface area contributed by atoms with Gasteiger partial charge in [-0.15, -0.1) is 11.3 Å². The fourth-order valence-electron chi connectivity index (χ4n) is 1.68. The molecule has 1 heterocycles. The van der Waals surface area contributed by atoms with Crippen LogP contribution in [0, 0.1) is 0 Å². The first-order chi connectivity index (χ1) is 9.56. The molecule has 0 bridgehead atoms. The van der Waals surface area contributed by atoms with Crippen molar-refractivity contribution >= 4 is 27.9 Å². The number of nitrogens with zero attached hydrogens (tertiary/aromatic N) is 1. The second-order valence-electron chi connectivity index (χ2n) is 4.35. The van der Waals surface area contributed by atoms with Gasteiger partial charge in [0.25, 0.3) is 5.91 Å². The molecule has 0 atom stereocenters. The van der Waals surface area contributed by atoms with Crippen molar-refractivity contribution in [1.29, 1.82) is 0 Å². The first kappa shape index (κ1) is 16.6. The lowest BCUT2D eigenvalue weighted by Crippen LogP contribution is -2.23. The summed E-state index contributed by atoms with van der Waals surface area (Å²) in [5.41, 5.74) is 6.41. The number of carbonyl (C=O) groups excluding carboxylic acids is 1. The predicted octanol–water partition coefficient (Wildman–Crippen LogP) is 1.56. The zero-order valence-corrected chi connectivity index (χ0v) is 13.3. The van der Waals surface area contributed by atoms with Gasteiger partial charge in [0.2, 0.25) is 0 Å². The highest BCUT2D eigenvalue weighted by Gasteiger charge is 2.23. The number of anilines is 2. The maximum atomic E-state index is 12.1. The van der Waals surface area contributed by atoms with Crippen molar-refractivity contribution in [2.75, 3.05) is 51.6 Å². The lowest BCUT2D eigenvalue weighted by atomic mass is 10.3. The average Bonchev–Trinajstić information content (AvgIpc) is 2.79. The van der Waals surface area contributed by atoms with Gasteiger partial charge >= 0.3 is 0 Å². The highest BCUT2D eigenvalue weighted by Crippen LogP contribution is 2.44. The largest absolute Gasteiger partial charge is 0.492 e. The molecule has 7 heteroatoms. The number of nitrogens with one attached hydrogen (secondary N) is 1. The molecule has 1 aromatic heterocycles. The van der Waals surface area contributed by atoms with Crippen LogP contribution in [-0.2, 0) is 4.74 Å². The van der Waals surface area contributed by atoms with E-state index in [1.54, 1.807) is 14.2 Å². The number of methoxy groups -OCH3 is 2. The van der Waals surface area contributed by atoms with E-state index >= 15 is 0 Å². The van der Waals surface area contributed by atoms with Crippen molar-refractivity contribution in [3.8, 4) is 5.75 Å². The number of amides is 1. The smallest absolute Gasteiger partial charge is 0.263 e. The van der Waals surface area contributed by atoms with Crippen molar-refractivity contribution < 1.29 is 14.3 Å². The molecule has 0 aromatic carbocycles. The van der Waals surface area contributed by atoms with Crippen LogP contribution in [0.15, 0.2) is 0 Å². The van der Waals surface area contributed by atoms with Gasteiger partial charge in [-0.3, -0.25) is 4.79 Å². The molecule has 0 fully saturated rings. The third-order valence-corrected chi connectivity index (χ3v) is 4.11. The molecule has 0 radical (unpaired) electrons. The number of thiophene rings is 1. The van der Waals surface area contributed by atoms with Crippen LogP contribution in [0.5, 0.6) is 5.75 Å². The highest BCUT2D eigenvalue weighted by molar-refractivity contribution is 7.19. The molecular weight excluding hydrogens is 278 g/mol. The van der Waals surface area contributed by atoms with Crippen LogP contribution < -0.4 is 20.7 Å². The van der Waals surface area contributed by atoms with E-state index in [1.807, 2.05) is 18.9 Å². The van der Waals surface area contributed by atoms with E-state index in [2.05, 4.69) is 5.32 Å². The van der Waals surface area contributed by atoms with Gasteiger partial charge < -0.3 is 25.4 Å². The number of nitrogen functional groups attached to an aromatic ring is 1. The summed E-state index contributed by atoms with van der Waals surface area (Å²) in [5.74, 6) is 0.397. The van der Waals surface area contributed by atoms with Crippen LogP contribution in [0.3, 0.4) is 0 Å². The minimum atomic E-state index is -0.154. The first-order valence-electron chi connectivity index (χ1n) is 6.51. The molecular formula is C13H23N3O3S. The first-order valence-corrected chi connectivity index (χ1v) is 7.32. The second-order valence-corrected chi connectivity index (χ2v) is 5.35. The molecule has 0 aliphatic carbocycles. The summed E-state index contributed by atoms with van der Waals surface area (Å²) in [5, 5.41) is 3.67. The minimum absolute atomic E-state index is 0.154. The summed E-state index contributed by atoms with van der Waals surface area (Å²) < 4.78 is 10.4. The quantitative estimate of drug-likeness (QED) is 0.762. The van der Waals surface area contributed by atoms with Crippen molar-refractivity contribution in [2.45, 2.75) is 13.3 Å². The van der Waals surface area contributed by atoms with E-state index in [0.717, 1.165) is 11.4 Å². The fourth-order valence-corrected chi connectivity index (χ4v) is 2.78. The predicted molar refractivity (Wildman–Crippen MR) is 83.1 cm³/mol. The maximum absolute atomic E-state index is 12.1. The Labute approximate surface area is 123 Å². The SMILES string of the molecule is CCCNC(=O)c1sc(N(C)CCOC)c(OC)c1N. The topological polar surface area (TPSA) is 76.8 Å². The van der Waals surface area contributed by atoms with E-state index in [0.29, 0.717) is 36.0 Å². The fraction of sp³-hybridized carbons (Fsp3) is 0.615. The van der Waals surface area contributed by atoms with Crippen molar-refractivity contribution in [2.24, 2.45) is 0 Å². The number of hydrogen-bond donors (Lipinski definition) is 2. The van der Waals surface area contributed by atoms with E-state index < -0.39 is 0 Å². The monoisotopic (exact) mass is 301 g/mol. The molecule has 0 unspecified atom stereocenters. The van der Waals surface area contributed by atoms with Crippen LogP contribution in [0.1, 0.15) is 23.0 Å². The molecule has 114 valence electrons. The van der Waals surface area contributed by atoms with Gasteiger partial charge in [-0.2, -0.15) is 0 Å². The molecule has 1 aromatic rings. The Morgan fingerprint density at radius 2 is 2.15 bits per heavy atom. The zero-order chi connectivity index (χ0) is 15.1. The van der Waals surface area contributed by atoms with Crippen LogP contribution in [0.4, 0.5) is 10.7 Å². The molecule has 6 nitrogen and oxygen atoms in total. The van der Waals surface area contributed by atoms with Gasteiger partial charge in [0.1, 0.15) is 15.6 Å². The van der Waals surface area contributed by atoms with Gasteiger partial charge in [0.15, 0.2) is 5.75 Å². The molecule has 0 aliphatic rings. The van der Waals surface area contributed by atoms with Crippen LogP contribution >= 0.6 is 11.3 Å². The summed E-state index contributed by atoms with van der Waals surface area (Å²) in [7, 11) is 5.12. The normalized spacial score (nSPS) is 10.4. The number of nitrogens with two attached hydrogens (primary N) is 1. The number of rotatable bonds is 8. The molecule has 0 aliphatic heterocycles. The van der Waals surface area contributed by atoms with E-state index in [-0.39, 0.29) is 5.91 Å². The number of carbonyl (C=O) groups is 1. The minimum Gasteiger partial charge on any atom is -0.492 e. The third kappa shape index (κ3) is 3.77. The van der Waals surface area contributed by atoms with Crippen LogP contribution in [0.25, 0.3) is 0 Å². The van der Waals surface area contributed by atoms with Crippen LogP contribution in [0.2, 0.25) is 0 Å². The zero-order valence-electron chi connectivity index (χ0n) is 12.5. The van der Waals surface area contributed by atoms with Crippen LogP contribution in [-0.4, -0.2) is 46.9 Å². The maximum Gasteiger partial charge on any atom is 0.263 e. The molecule has 1 rings (SSSR count). The molecule has 0 spiro atoms. The Kier molecular flexibility index (Phi) is 6.60. The lowest BCUT2D eigenvalue weighted by molar-refractivity contribution is 0.0958. The third-order valence-electron chi connectivity index (χ3n) is 2.81. The van der Waals surface area contributed by atoms with Crippen molar-refractivity contribution in [3.05, 3.63) is 4.88 Å². The molecule has 3 N–H and O–H groups in total. The summed E-state index contributed by atoms with van der Waals surface area (Å²) in [4.78, 5) is 14.5. The molecule has 1 amide bonds. The highest BCUT2D eigenvalue weighted by atomic mass is 32.1. The average molecular weight is 301 g/mol. The van der Waals surface area contributed by atoms with Crippen molar-refractivity contribution in [1.82, 2.24) is 5.32 Å². The Balaban J connectivity index is 2.98. The Bertz CT molecular complexity index is 448. The number of likely N-dealkylation sites (N-methyl/N-ethyl adjacent to an activating group) is 1. The number of ether oxygens (including phenoxy) is 2. The Morgan fingerprint density at radius 3 is 2.70 bits per heavy atom. The van der Waals surface area contributed by atoms with Crippen molar-refractivity contribution in [3.63, 3.8) is 0 Å². The van der Waals surface area contributed by atoms with Gasteiger partial charge in [-0.25, -0.2) is 0 Å². The van der Waals surface area contributed by atoms with Gasteiger partial charge in [-0.05, 0) is 6.42 Å². The Hall–Kier alpha value is -1.47. The standard InChI is InChI=1S/C13H23N3O3S/c1-5-6-15-12(17)11-9(14)10(19-4)13(20-11)16(2)7-8-18-3/h5-8,14H2,1-4H3,(H,15,17). The second kappa shape index (κ2) is 7.96. The summed E-state index contributed by atoms with van der Waals surface area (Å²) in [6, 6.07) is 0. The molecule has 0 saturated heterocycles. The van der Waals surface area contributed by atoms with E-state index in [4.69, 9.17) is 15.2 Å². The lowest BCUT2D eigenvalue weighted by Gasteiger charge is -2.17.